The Morgan fingerprint density at radius 3 is 1.95 bits per heavy atom. The number of alkyl halides is 3. The fraction of sp³-hybridized carbons (Fsp3) is 0.600. The zero-order valence-corrected chi connectivity index (χ0v) is 21.8. The van der Waals surface area contributed by atoms with E-state index in [2.05, 4.69) is 10.6 Å². The summed E-state index contributed by atoms with van der Waals surface area (Å²) in [7, 11) is 2.77. The van der Waals surface area contributed by atoms with Gasteiger partial charge in [0.05, 0.1) is 20.3 Å². The molecule has 1 aliphatic rings. The predicted octanol–water partition coefficient (Wildman–Crippen LogP) is 2.72. The van der Waals surface area contributed by atoms with Crippen LogP contribution in [-0.2, 0) is 14.4 Å². The zero-order chi connectivity index (χ0) is 28.1. The summed E-state index contributed by atoms with van der Waals surface area (Å²) in [4.78, 5) is 52.7. The number of nitrogens with zero attached hydrogens (tertiary/aromatic N) is 1. The number of benzene rings is 1. The van der Waals surface area contributed by atoms with Crippen molar-refractivity contribution in [2.24, 2.45) is 11.8 Å². The first kappa shape index (κ1) is 29.9. The van der Waals surface area contributed by atoms with Crippen molar-refractivity contribution in [2.45, 2.75) is 64.8 Å². The van der Waals surface area contributed by atoms with Crippen molar-refractivity contribution in [3.05, 3.63) is 23.8 Å². The lowest BCUT2D eigenvalue weighted by molar-refractivity contribution is -0.175. The first-order valence-electron chi connectivity index (χ1n) is 12.0. The third-order valence-corrected chi connectivity index (χ3v) is 6.24. The number of rotatable bonds is 10. The number of halogens is 3. The summed E-state index contributed by atoms with van der Waals surface area (Å²) in [6.45, 7) is 6.38. The minimum absolute atomic E-state index is 0.0899. The molecule has 3 amide bonds. The largest absolute Gasteiger partial charge is 0.496 e. The number of carbonyl (C=O) groups excluding carboxylic acids is 4. The van der Waals surface area contributed by atoms with Crippen molar-refractivity contribution in [2.75, 3.05) is 20.8 Å². The maximum absolute atomic E-state index is 13.5. The number of ketones is 1. The van der Waals surface area contributed by atoms with Gasteiger partial charge in [-0.3, -0.25) is 19.2 Å². The van der Waals surface area contributed by atoms with Gasteiger partial charge in [-0.05, 0) is 36.8 Å². The van der Waals surface area contributed by atoms with E-state index in [-0.39, 0.29) is 30.0 Å². The molecule has 0 aliphatic carbocycles. The normalized spacial score (nSPS) is 17.4. The van der Waals surface area contributed by atoms with Gasteiger partial charge in [0, 0.05) is 6.54 Å². The van der Waals surface area contributed by atoms with Gasteiger partial charge in [0.25, 0.3) is 11.7 Å². The molecule has 0 aromatic heterocycles. The summed E-state index contributed by atoms with van der Waals surface area (Å²) >= 11 is 0. The van der Waals surface area contributed by atoms with Crippen LogP contribution in [0, 0.1) is 11.8 Å². The van der Waals surface area contributed by atoms with E-state index in [9.17, 15) is 32.3 Å². The van der Waals surface area contributed by atoms with Crippen LogP contribution in [0.3, 0.4) is 0 Å². The molecule has 206 valence electrons. The molecule has 0 spiro atoms. The van der Waals surface area contributed by atoms with Crippen molar-refractivity contribution in [3.63, 3.8) is 0 Å². The molecule has 0 bridgehead atoms. The molecule has 9 nitrogen and oxygen atoms in total. The predicted molar refractivity (Wildman–Crippen MR) is 128 cm³/mol. The van der Waals surface area contributed by atoms with E-state index in [0.29, 0.717) is 6.42 Å². The molecule has 12 heteroatoms. The van der Waals surface area contributed by atoms with Crippen molar-refractivity contribution >= 4 is 23.5 Å². The Kier molecular flexibility index (Phi) is 9.93. The number of nitrogens with one attached hydrogen (secondary N) is 2. The van der Waals surface area contributed by atoms with Crippen LogP contribution in [-0.4, -0.2) is 73.5 Å². The lowest BCUT2D eigenvalue weighted by Gasteiger charge is -2.32. The number of amides is 3. The molecule has 0 radical (unpaired) electrons. The van der Waals surface area contributed by atoms with Gasteiger partial charge in [-0.15, -0.1) is 0 Å². The maximum atomic E-state index is 13.5. The van der Waals surface area contributed by atoms with Crippen LogP contribution in [0.4, 0.5) is 13.2 Å². The Bertz CT molecular complexity index is 990. The topological polar surface area (TPSA) is 114 Å². The standard InChI is InChI=1S/C25H34F3N3O6/c1-13(2)19(21(32)25(26,27)28)29-22(33)15-9-8-12-31(15)24(35)20(14(3)4)30-23(34)18-16(36-5)10-7-11-17(18)37-6/h7,10-11,13-15,19-20H,8-9,12H2,1-6H3,(H,29,33)(H,30,34)/t15-,19?,20-/m0/s1. The van der Waals surface area contributed by atoms with E-state index in [4.69, 9.17) is 9.47 Å². The molecule has 1 unspecified atom stereocenters. The molecule has 1 aromatic rings. The van der Waals surface area contributed by atoms with E-state index in [1.807, 2.05) is 0 Å². The quantitative estimate of drug-likeness (QED) is 0.482. The van der Waals surface area contributed by atoms with E-state index in [1.54, 1.807) is 32.0 Å². The second-order valence-corrected chi connectivity index (χ2v) is 9.51. The minimum atomic E-state index is -5.11. The molecule has 0 saturated carbocycles. The van der Waals surface area contributed by atoms with Gasteiger partial charge in [-0.2, -0.15) is 13.2 Å². The van der Waals surface area contributed by atoms with Gasteiger partial charge in [0.2, 0.25) is 11.8 Å². The fourth-order valence-corrected chi connectivity index (χ4v) is 4.24. The molecule has 1 fully saturated rings. The van der Waals surface area contributed by atoms with Crippen LogP contribution in [0.1, 0.15) is 50.9 Å². The molecule has 1 aliphatic heterocycles. The van der Waals surface area contributed by atoms with Crippen molar-refractivity contribution in [1.82, 2.24) is 15.5 Å². The smallest absolute Gasteiger partial charge is 0.452 e. The van der Waals surface area contributed by atoms with Crippen LogP contribution in [0.5, 0.6) is 11.5 Å². The highest BCUT2D eigenvalue weighted by atomic mass is 19.4. The number of carbonyl (C=O) groups is 4. The summed E-state index contributed by atoms with van der Waals surface area (Å²) in [5, 5.41) is 4.88. The SMILES string of the molecule is COc1cccc(OC)c1C(=O)N[C@H](C(=O)N1CCC[C@H]1C(=O)NC(C(=O)C(F)(F)F)C(C)C)C(C)C. The summed E-state index contributed by atoms with van der Waals surface area (Å²) in [6, 6.07) is 0.877. The van der Waals surface area contributed by atoms with Crippen molar-refractivity contribution in [3.8, 4) is 11.5 Å². The zero-order valence-electron chi connectivity index (χ0n) is 21.8. The second-order valence-electron chi connectivity index (χ2n) is 9.51. The van der Waals surface area contributed by atoms with Crippen LogP contribution >= 0.6 is 0 Å². The third-order valence-electron chi connectivity index (χ3n) is 6.24. The highest BCUT2D eigenvalue weighted by molar-refractivity contribution is 6.02. The summed E-state index contributed by atoms with van der Waals surface area (Å²) in [5.74, 6) is -4.82. The third kappa shape index (κ3) is 6.92. The molecule has 2 N–H and O–H groups in total. The highest BCUT2D eigenvalue weighted by Gasteiger charge is 2.46. The molecule has 1 aromatic carbocycles. The first-order valence-corrected chi connectivity index (χ1v) is 12.0. The van der Waals surface area contributed by atoms with E-state index in [1.165, 1.54) is 33.0 Å². The van der Waals surface area contributed by atoms with Crippen LogP contribution < -0.4 is 20.1 Å². The van der Waals surface area contributed by atoms with Gasteiger partial charge in [0.15, 0.2) is 0 Å². The van der Waals surface area contributed by atoms with Crippen LogP contribution in [0.15, 0.2) is 18.2 Å². The first-order chi connectivity index (χ1) is 17.2. The van der Waals surface area contributed by atoms with E-state index >= 15 is 0 Å². The monoisotopic (exact) mass is 529 g/mol. The molecule has 37 heavy (non-hydrogen) atoms. The number of hydrogen-bond donors (Lipinski definition) is 2. The number of Topliss-reactive ketones (excluding diaryl/α,β-unsaturated/α-hetero) is 1. The molecule has 1 saturated heterocycles. The van der Waals surface area contributed by atoms with E-state index < -0.39 is 59.6 Å². The Balaban J connectivity index is 2.26. The molecule has 1 heterocycles. The highest BCUT2D eigenvalue weighted by Crippen LogP contribution is 2.29. The molecular formula is C25H34F3N3O6. The summed E-state index contributed by atoms with van der Waals surface area (Å²) < 4.78 is 49.6. The second kappa shape index (κ2) is 12.3. The Morgan fingerprint density at radius 2 is 1.49 bits per heavy atom. The minimum Gasteiger partial charge on any atom is -0.496 e. The average Bonchev–Trinajstić information content (AvgIpc) is 3.33. The molecule has 3 atom stereocenters. The number of likely N-dealkylation sites (tertiary alicyclic amines) is 1. The summed E-state index contributed by atoms with van der Waals surface area (Å²) in [6.07, 6.45) is -4.47. The van der Waals surface area contributed by atoms with Gasteiger partial charge >= 0.3 is 6.18 Å². The van der Waals surface area contributed by atoms with Crippen LogP contribution in [0.25, 0.3) is 0 Å². The van der Waals surface area contributed by atoms with E-state index in [0.717, 1.165) is 0 Å². The maximum Gasteiger partial charge on any atom is 0.452 e. The Labute approximate surface area is 214 Å². The number of hydrogen-bond acceptors (Lipinski definition) is 6. The van der Waals surface area contributed by atoms with Crippen molar-refractivity contribution in [1.29, 1.82) is 0 Å². The van der Waals surface area contributed by atoms with Crippen molar-refractivity contribution < 1.29 is 41.8 Å². The molecular weight excluding hydrogens is 495 g/mol. The Morgan fingerprint density at radius 1 is 0.946 bits per heavy atom. The number of ether oxygens (including phenoxy) is 2. The number of methoxy groups -OCH3 is 2. The lowest BCUT2D eigenvalue weighted by Crippen LogP contribution is -2.58. The van der Waals surface area contributed by atoms with Gasteiger partial charge in [-0.25, -0.2) is 0 Å². The van der Waals surface area contributed by atoms with Gasteiger partial charge < -0.3 is 25.0 Å². The van der Waals surface area contributed by atoms with Crippen LogP contribution in [0.2, 0.25) is 0 Å². The Hall–Kier alpha value is -3.31. The van der Waals surface area contributed by atoms with Gasteiger partial charge in [0.1, 0.15) is 29.1 Å². The lowest BCUT2D eigenvalue weighted by atomic mass is 9.98. The summed E-state index contributed by atoms with van der Waals surface area (Å²) in [5.41, 5.74) is 0.0899. The molecule has 2 rings (SSSR count). The fourth-order valence-electron chi connectivity index (χ4n) is 4.24. The average molecular weight is 530 g/mol. The van der Waals surface area contributed by atoms with Gasteiger partial charge in [-0.1, -0.05) is 33.8 Å².